The molecule has 20 heavy (non-hydrogen) atoms. The predicted octanol–water partition coefficient (Wildman–Crippen LogP) is 1.18. The first-order chi connectivity index (χ1) is 9.30. The van der Waals surface area contributed by atoms with Gasteiger partial charge in [0, 0.05) is 13.1 Å². The number of morpholine rings is 1. The third-order valence-electron chi connectivity index (χ3n) is 3.10. The molecule has 0 saturated carbocycles. The molecule has 6 nitrogen and oxygen atoms in total. The molecule has 1 aromatic rings. The standard InChI is InChI=1S/C13H17NO5S/c1-9-7-14(8-10(2)19-9)20(17,18)12-5-3-4-11(6-12)13(15)16/h3-6,9-10H,7-8H2,1-2H3,(H,15,16)/t9-,10-/m1/s1. The molecule has 0 amide bonds. The van der Waals surface area contributed by atoms with Crippen LogP contribution in [0.4, 0.5) is 0 Å². The van der Waals surface area contributed by atoms with Crippen LogP contribution in [0.25, 0.3) is 0 Å². The predicted molar refractivity (Wildman–Crippen MR) is 72.2 cm³/mol. The van der Waals surface area contributed by atoms with Crippen molar-refractivity contribution >= 4 is 16.0 Å². The van der Waals surface area contributed by atoms with E-state index in [1.54, 1.807) is 0 Å². The van der Waals surface area contributed by atoms with Gasteiger partial charge in [-0.05, 0) is 32.0 Å². The van der Waals surface area contributed by atoms with Crippen molar-refractivity contribution in [3.8, 4) is 0 Å². The molecule has 7 heteroatoms. The Labute approximate surface area is 118 Å². The lowest BCUT2D eigenvalue weighted by molar-refractivity contribution is -0.0440. The Hall–Kier alpha value is -1.44. The maximum absolute atomic E-state index is 12.5. The van der Waals surface area contributed by atoms with Crippen LogP contribution in [-0.4, -0.2) is 49.1 Å². The van der Waals surface area contributed by atoms with Gasteiger partial charge in [-0.25, -0.2) is 13.2 Å². The molecule has 0 unspecified atom stereocenters. The highest BCUT2D eigenvalue weighted by atomic mass is 32.2. The minimum atomic E-state index is -3.69. The van der Waals surface area contributed by atoms with Gasteiger partial charge < -0.3 is 9.84 Å². The monoisotopic (exact) mass is 299 g/mol. The summed E-state index contributed by atoms with van der Waals surface area (Å²) in [5.74, 6) is -1.15. The first-order valence-electron chi connectivity index (χ1n) is 6.29. The fourth-order valence-electron chi connectivity index (χ4n) is 2.27. The molecule has 0 aliphatic carbocycles. The molecule has 0 spiro atoms. The Morgan fingerprint density at radius 1 is 1.30 bits per heavy atom. The Morgan fingerprint density at radius 2 is 1.90 bits per heavy atom. The average molecular weight is 299 g/mol. The van der Waals surface area contributed by atoms with Gasteiger partial charge in [0.15, 0.2) is 0 Å². The van der Waals surface area contributed by atoms with Gasteiger partial charge in [0.05, 0.1) is 22.7 Å². The highest BCUT2D eigenvalue weighted by Gasteiger charge is 2.32. The van der Waals surface area contributed by atoms with Crippen molar-refractivity contribution in [2.75, 3.05) is 13.1 Å². The SMILES string of the molecule is C[C@@H]1CN(S(=O)(=O)c2cccc(C(=O)O)c2)C[C@@H](C)O1. The largest absolute Gasteiger partial charge is 0.478 e. The maximum Gasteiger partial charge on any atom is 0.335 e. The van der Waals surface area contributed by atoms with Crippen molar-refractivity contribution in [3.63, 3.8) is 0 Å². The number of nitrogens with zero attached hydrogens (tertiary/aromatic N) is 1. The summed E-state index contributed by atoms with van der Waals surface area (Å²) in [4.78, 5) is 10.9. The summed E-state index contributed by atoms with van der Waals surface area (Å²) in [5, 5.41) is 8.94. The van der Waals surface area contributed by atoms with E-state index in [1.165, 1.54) is 28.6 Å². The third-order valence-corrected chi connectivity index (χ3v) is 4.93. The molecule has 110 valence electrons. The van der Waals surface area contributed by atoms with Gasteiger partial charge >= 0.3 is 5.97 Å². The van der Waals surface area contributed by atoms with E-state index >= 15 is 0 Å². The minimum Gasteiger partial charge on any atom is -0.478 e. The van der Waals surface area contributed by atoms with E-state index in [2.05, 4.69) is 0 Å². The summed E-state index contributed by atoms with van der Waals surface area (Å²) in [6, 6.07) is 5.39. The second kappa shape index (κ2) is 5.51. The number of ether oxygens (including phenoxy) is 1. The number of carbonyl (C=O) groups is 1. The zero-order valence-electron chi connectivity index (χ0n) is 11.3. The number of carboxylic acid groups (broad SMARTS) is 1. The van der Waals surface area contributed by atoms with E-state index in [9.17, 15) is 13.2 Å². The topological polar surface area (TPSA) is 83.9 Å². The normalized spacial score (nSPS) is 24.5. The van der Waals surface area contributed by atoms with E-state index in [0.717, 1.165) is 0 Å². The Balaban J connectivity index is 2.34. The number of hydrogen-bond acceptors (Lipinski definition) is 4. The molecule has 2 atom stereocenters. The molecule has 0 aromatic heterocycles. The van der Waals surface area contributed by atoms with Gasteiger partial charge in [-0.3, -0.25) is 0 Å². The summed E-state index contributed by atoms with van der Waals surface area (Å²) in [7, 11) is -3.69. The number of benzene rings is 1. The zero-order valence-corrected chi connectivity index (χ0v) is 12.1. The second-order valence-corrected chi connectivity index (χ2v) is 6.85. The molecular formula is C13H17NO5S. The maximum atomic E-state index is 12.5. The molecule has 2 rings (SSSR count). The molecule has 1 fully saturated rings. The first-order valence-corrected chi connectivity index (χ1v) is 7.73. The second-order valence-electron chi connectivity index (χ2n) is 4.91. The van der Waals surface area contributed by atoms with Crippen LogP contribution in [0.2, 0.25) is 0 Å². The molecular weight excluding hydrogens is 282 g/mol. The van der Waals surface area contributed by atoms with Gasteiger partial charge in [0.1, 0.15) is 0 Å². The van der Waals surface area contributed by atoms with Gasteiger partial charge in [-0.2, -0.15) is 4.31 Å². The van der Waals surface area contributed by atoms with Crippen molar-refractivity contribution in [2.24, 2.45) is 0 Å². The fraction of sp³-hybridized carbons (Fsp3) is 0.462. The lowest BCUT2D eigenvalue weighted by Crippen LogP contribution is -2.48. The zero-order chi connectivity index (χ0) is 14.9. The number of carboxylic acids is 1. The van der Waals surface area contributed by atoms with E-state index < -0.39 is 16.0 Å². The van der Waals surface area contributed by atoms with Crippen LogP contribution in [0.3, 0.4) is 0 Å². The number of rotatable bonds is 3. The average Bonchev–Trinajstić information content (AvgIpc) is 2.37. The summed E-state index contributed by atoms with van der Waals surface area (Å²) in [6.07, 6.45) is -0.368. The van der Waals surface area contributed by atoms with Crippen molar-refractivity contribution in [1.82, 2.24) is 4.31 Å². The highest BCUT2D eigenvalue weighted by molar-refractivity contribution is 7.89. The van der Waals surface area contributed by atoms with Crippen LogP contribution in [0.5, 0.6) is 0 Å². The molecule has 1 aliphatic rings. The minimum absolute atomic E-state index is 0.00120. The Bertz CT molecular complexity index is 603. The molecule has 0 bridgehead atoms. The van der Waals surface area contributed by atoms with Gasteiger partial charge in [-0.1, -0.05) is 6.07 Å². The highest BCUT2D eigenvalue weighted by Crippen LogP contribution is 2.21. The van der Waals surface area contributed by atoms with E-state index in [0.29, 0.717) is 0 Å². The lowest BCUT2D eigenvalue weighted by Gasteiger charge is -2.34. The third kappa shape index (κ3) is 3.00. The molecule has 1 aromatic carbocycles. The first kappa shape index (κ1) is 15.0. The van der Waals surface area contributed by atoms with E-state index in [4.69, 9.17) is 9.84 Å². The van der Waals surface area contributed by atoms with Gasteiger partial charge in [0.2, 0.25) is 10.0 Å². The molecule has 1 saturated heterocycles. The summed E-state index contributed by atoms with van der Waals surface area (Å²) < 4.78 is 31.9. The Morgan fingerprint density at radius 3 is 2.45 bits per heavy atom. The van der Waals surface area contributed by atoms with Crippen molar-refractivity contribution in [3.05, 3.63) is 29.8 Å². The number of aromatic carboxylic acids is 1. The fourth-order valence-corrected chi connectivity index (χ4v) is 3.90. The number of hydrogen-bond donors (Lipinski definition) is 1. The molecule has 1 heterocycles. The van der Waals surface area contributed by atoms with Crippen molar-refractivity contribution in [2.45, 2.75) is 31.0 Å². The molecule has 1 N–H and O–H groups in total. The summed E-state index contributed by atoms with van der Waals surface area (Å²) >= 11 is 0. The van der Waals surface area contributed by atoms with Gasteiger partial charge in [-0.15, -0.1) is 0 Å². The summed E-state index contributed by atoms with van der Waals surface area (Å²) in [5.41, 5.74) is -0.0413. The quantitative estimate of drug-likeness (QED) is 0.906. The van der Waals surface area contributed by atoms with Crippen LogP contribution in [0.1, 0.15) is 24.2 Å². The smallest absolute Gasteiger partial charge is 0.335 e. The molecule has 0 radical (unpaired) electrons. The van der Waals surface area contributed by atoms with Crippen molar-refractivity contribution < 1.29 is 23.1 Å². The Kier molecular flexibility index (Phi) is 4.12. The van der Waals surface area contributed by atoms with Crippen LogP contribution in [0.15, 0.2) is 29.2 Å². The summed E-state index contributed by atoms with van der Waals surface area (Å²) in [6.45, 7) is 4.16. The van der Waals surface area contributed by atoms with E-state index in [1.807, 2.05) is 13.8 Å². The number of sulfonamides is 1. The van der Waals surface area contributed by atoms with E-state index in [-0.39, 0.29) is 35.8 Å². The van der Waals surface area contributed by atoms with Crippen LogP contribution < -0.4 is 0 Å². The van der Waals surface area contributed by atoms with Crippen molar-refractivity contribution in [1.29, 1.82) is 0 Å². The molecule has 1 aliphatic heterocycles. The van der Waals surface area contributed by atoms with Gasteiger partial charge in [0.25, 0.3) is 0 Å². The van der Waals surface area contributed by atoms with Crippen LogP contribution in [-0.2, 0) is 14.8 Å². The van der Waals surface area contributed by atoms with Crippen LogP contribution >= 0.6 is 0 Å². The van der Waals surface area contributed by atoms with Crippen LogP contribution in [0, 0.1) is 0 Å². The lowest BCUT2D eigenvalue weighted by atomic mass is 10.2.